The van der Waals surface area contributed by atoms with Crippen LogP contribution in [0.2, 0.25) is 0 Å². The average Bonchev–Trinajstić information content (AvgIpc) is 3.07. The van der Waals surface area contributed by atoms with Crippen molar-refractivity contribution >= 4 is 34.6 Å². The molecule has 0 bridgehead atoms. The van der Waals surface area contributed by atoms with Crippen molar-refractivity contribution in [1.29, 1.82) is 5.41 Å². The van der Waals surface area contributed by atoms with Gasteiger partial charge in [0, 0.05) is 0 Å². The van der Waals surface area contributed by atoms with E-state index in [1.165, 1.54) is 48.4 Å². The van der Waals surface area contributed by atoms with Crippen molar-refractivity contribution in [2.45, 2.75) is 6.61 Å². The van der Waals surface area contributed by atoms with Crippen molar-refractivity contribution in [1.82, 2.24) is 0 Å². The number of thioether (sulfide) groups is 1. The lowest BCUT2D eigenvalue weighted by molar-refractivity contribution is -0.113. The molecule has 3 aromatic rings. The van der Waals surface area contributed by atoms with Gasteiger partial charge in [0.25, 0.3) is 5.91 Å². The van der Waals surface area contributed by atoms with Crippen LogP contribution in [0.4, 0.5) is 14.5 Å². The number of hydrogen-bond donors (Lipinski definition) is 1. The normalized spacial score (nSPS) is 14.8. The van der Waals surface area contributed by atoms with Crippen molar-refractivity contribution in [2.24, 2.45) is 0 Å². The van der Waals surface area contributed by atoms with Gasteiger partial charge in [-0.25, -0.2) is 8.78 Å². The molecule has 1 saturated heterocycles. The predicted molar refractivity (Wildman–Crippen MR) is 121 cm³/mol. The quantitative estimate of drug-likeness (QED) is 0.494. The van der Waals surface area contributed by atoms with E-state index in [1.807, 2.05) is 0 Å². The minimum atomic E-state index is -0.413. The molecular weight excluding hydrogens is 434 g/mol. The summed E-state index contributed by atoms with van der Waals surface area (Å²) in [5.74, 6) is -0.104. The molecule has 1 amide bonds. The molecule has 0 saturated carbocycles. The lowest BCUT2D eigenvalue weighted by Crippen LogP contribution is -2.28. The second-order valence-corrected chi connectivity index (χ2v) is 7.89. The number of carbonyl (C=O) groups excluding carboxylic acids is 1. The third kappa shape index (κ3) is 4.65. The highest BCUT2D eigenvalue weighted by atomic mass is 32.2. The Morgan fingerprint density at radius 2 is 1.62 bits per heavy atom. The third-order valence-electron chi connectivity index (χ3n) is 4.70. The molecule has 1 N–H and O–H groups in total. The number of amidine groups is 1. The summed E-state index contributed by atoms with van der Waals surface area (Å²) in [6.07, 6.45) is 1.66. The lowest BCUT2D eigenvalue weighted by atomic mass is 10.1. The number of hydrogen-bond acceptors (Lipinski definition) is 5. The molecule has 0 aromatic heterocycles. The van der Waals surface area contributed by atoms with Crippen LogP contribution in [0, 0.1) is 17.0 Å². The molecule has 0 aliphatic carbocycles. The maximum Gasteiger partial charge on any atom is 0.271 e. The highest BCUT2D eigenvalue weighted by Crippen LogP contribution is 2.36. The summed E-state index contributed by atoms with van der Waals surface area (Å²) in [5, 5.41) is 8.19. The van der Waals surface area contributed by atoms with E-state index in [0.717, 1.165) is 17.3 Å². The van der Waals surface area contributed by atoms with Gasteiger partial charge in [0.15, 0.2) is 16.7 Å². The third-order valence-corrected chi connectivity index (χ3v) is 5.59. The van der Waals surface area contributed by atoms with E-state index < -0.39 is 5.82 Å². The average molecular weight is 452 g/mol. The molecule has 5 nitrogen and oxygen atoms in total. The fraction of sp³-hybridized carbons (Fsp3) is 0.0833. The molecule has 0 atom stereocenters. The van der Waals surface area contributed by atoms with Crippen molar-refractivity contribution in [3.05, 3.63) is 94.4 Å². The van der Waals surface area contributed by atoms with Gasteiger partial charge in [-0.1, -0.05) is 18.2 Å². The SMILES string of the molecule is COc1cc(/C=C2/SC(=N)N(c3ccc(F)cc3)C2=O)ccc1OCc1ccc(F)cc1. The second kappa shape index (κ2) is 9.23. The van der Waals surface area contributed by atoms with E-state index in [-0.39, 0.29) is 23.5 Å². The number of carbonyl (C=O) groups is 1. The summed E-state index contributed by atoms with van der Waals surface area (Å²) in [4.78, 5) is 14.4. The molecule has 1 heterocycles. The standard InChI is InChI=1S/C24H18F2N2O3S/c1-30-21-12-16(4-11-20(21)31-14-15-2-5-17(25)6-3-15)13-22-23(29)28(24(27)32-22)19-9-7-18(26)8-10-19/h2-13,27H,14H2,1H3/b22-13+,27-24?. The van der Waals surface area contributed by atoms with E-state index in [0.29, 0.717) is 27.7 Å². The number of nitrogens with one attached hydrogen (secondary N) is 1. The minimum Gasteiger partial charge on any atom is -0.493 e. The van der Waals surface area contributed by atoms with Crippen molar-refractivity contribution in [3.8, 4) is 11.5 Å². The Kier molecular flexibility index (Phi) is 6.23. The molecular formula is C24H18F2N2O3S. The van der Waals surface area contributed by atoms with Gasteiger partial charge in [0.1, 0.15) is 18.2 Å². The van der Waals surface area contributed by atoms with Gasteiger partial charge < -0.3 is 9.47 Å². The van der Waals surface area contributed by atoms with Crippen molar-refractivity contribution in [3.63, 3.8) is 0 Å². The topological polar surface area (TPSA) is 62.6 Å². The van der Waals surface area contributed by atoms with Crippen LogP contribution in [0.15, 0.2) is 71.6 Å². The fourth-order valence-electron chi connectivity index (χ4n) is 3.10. The second-order valence-electron chi connectivity index (χ2n) is 6.86. The summed E-state index contributed by atoms with van der Waals surface area (Å²) in [6.45, 7) is 0.245. The van der Waals surface area contributed by atoms with Gasteiger partial charge in [-0.3, -0.25) is 15.1 Å². The molecule has 0 unspecified atom stereocenters. The smallest absolute Gasteiger partial charge is 0.271 e. The number of benzene rings is 3. The first kappa shape index (κ1) is 21.6. The molecule has 1 fully saturated rings. The van der Waals surface area contributed by atoms with Crippen LogP contribution in [0.3, 0.4) is 0 Å². The Hall–Kier alpha value is -3.65. The molecule has 3 aromatic carbocycles. The van der Waals surface area contributed by atoms with Crippen molar-refractivity contribution in [2.75, 3.05) is 12.0 Å². The number of rotatable bonds is 6. The van der Waals surface area contributed by atoms with Crippen LogP contribution in [0.1, 0.15) is 11.1 Å². The van der Waals surface area contributed by atoms with Gasteiger partial charge in [-0.2, -0.15) is 0 Å². The van der Waals surface area contributed by atoms with Crippen LogP contribution in [0.25, 0.3) is 6.08 Å². The van der Waals surface area contributed by atoms with Gasteiger partial charge in [-0.15, -0.1) is 0 Å². The Morgan fingerprint density at radius 3 is 2.28 bits per heavy atom. The zero-order valence-corrected chi connectivity index (χ0v) is 17.8. The molecule has 1 aliphatic heterocycles. The Morgan fingerprint density at radius 1 is 0.969 bits per heavy atom. The van der Waals surface area contributed by atoms with Crippen LogP contribution in [-0.4, -0.2) is 18.2 Å². The predicted octanol–water partition coefficient (Wildman–Crippen LogP) is 5.61. The largest absolute Gasteiger partial charge is 0.493 e. The van der Waals surface area contributed by atoms with E-state index in [1.54, 1.807) is 36.4 Å². The summed E-state index contributed by atoms with van der Waals surface area (Å²) in [5.41, 5.74) is 1.94. The minimum absolute atomic E-state index is 0.0408. The maximum absolute atomic E-state index is 13.2. The van der Waals surface area contributed by atoms with Gasteiger partial charge in [-0.05, 0) is 77.5 Å². The van der Waals surface area contributed by atoms with E-state index in [9.17, 15) is 13.6 Å². The van der Waals surface area contributed by atoms with Crippen molar-refractivity contribution < 1.29 is 23.0 Å². The Balaban J connectivity index is 1.52. The molecule has 8 heteroatoms. The highest BCUT2D eigenvalue weighted by Gasteiger charge is 2.33. The summed E-state index contributed by atoms with van der Waals surface area (Å²) in [6, 6.07) is 16.7. The van der Waals surface area contributed by atoms with E-state index >= 15 is 0 Å². The molecule has 1 aliphatic rings. The number of ether oxygens (including phenoxy) is 2. The maximum atomic E-state index is 13.2. The summed E-state index contributed by atoms with van der Waals surface area (Å²) in [7, 11) is 1.51. The molecule has 0 radical (unpaired) electrons. The zero-order chi connectivity index (χ0) is 22.7. The highest BCUT2D eigenvalue weighted by molar-refractivity contribution is 8.19. The number of amides is 1. The molecule has 0 spiro atoms. The summed E-state index contributed by atoms with van der Waals surface area (Å²) >= 11 is 1.03. The van der Waals surface area contributed by atoms with Crippen LogP contribution >= 0.6 is 11.8 Å². The van der Waals surface area contributed by atoms with Crippen LogP contribution in [-0.2, 0) is 11.4 Å². The van der Waals surface area contributed by atoms with Gasteiger partial charge >= 0.3 is 0 Å². The molecule has 32 heavy (non-hydrogen) atoms. The van der Waals surface area contributed by atoms with Crippen LogP contribution in [0.5, 0.6) is 11.5 Å². The van der Waals surface area contributed by atoms with E-state index in [4.69, 9.17) is 14.9 Å². The first-order chi connectivity index (χ1) is 15.4. The van der Waals surface area contributed by atoms with Crippen LogP contribution < -0.4 is 14.4 Å². The van der Waals surface area contributed by atoms with Gasteiger partial charge in [0.05, 0.1) is 17.7 Å². The number of nitrogens with zero attached hydrogens (tertiary/aromatic N) is 1. The molecule has 4 rings (SSSR count). The van der Waals surface area contributed by atoms with E-state index in [2.05, 4.69) is 0 Å². The monoisotopic (exact) mass is 452 g/mol. The number of methoxy groups -OCH3 is 1. The Bertz CT molecular complexity index is 1190. The fourth-order valence-corrected chi connectivity index (χ4v) is 3.96. The molecule has 162 valence electrons. The van der Waals surface area contributed by atoms with Gasteiger partial charge in [0.2, 0.25) is 0 Å². The zero-order valence-electron chi connectivity index (χ0n) is 17.0. The Labute approximate surface area is 187 Å². The first-order valence-electron chi connectivity index (χ1n) is 9.58. The number of halogens is 2. The summed E-state index contributed by atoms with van der Waals surface area (Å²) < 4.78 is 37.4. The first-order valence-corrected chi connectivity index (χ1v) is 10.4. The lowest BCUT2D eigenvalue weighted by Gasteiger charge is -2.14. The number of anilines is 1.